The summed E-state index contributed by atoms with van der Waals surface area (Å²) in [4.78, 5) is 39.9. The number of hydrogen-bond acceptors (Lipinski definition) is 9. The van der Waals surface area contributed by atoms with Crippen LogP contribution in [-0.2, 0) is 4.79 Å². The number of pyridine rings is 1. The number of aliphatic carboxylic acids is 1. The third-order valence-electron chi connectivity index (χ3n) is 6.44. The van der Waals surface area contributed by atoms with Gasteiger partial charge in [0.15, 0.2) is 0 Å². The second-order valence-corrected chi connectivity index (χ2v) is 8.98. The number of carboxylic acids is 1. The van der Waals surface area contributed by atoms with Crippen LogP contribution in [0.4, 0.5) is 18.9 Å². The summed E-state index contributed by atoms with van der Waals surface area (Å²) in [6, 6.07) is 6.19. The van der Waals surface area contributed by atoms with Gasteiger partial charge in [0.25, 0.3) is 11.3 Å². The Labute approximate surface area is 213 Å². The molecular weight excluding hydrogens is 507 g/mol. The van der Waals surface area contributed by atoms with Crippen LogP contribution in [0.2, 0.25) is 0 Å². The van der Waals surface area contributed by atoms with Gasteiger partial charge >= 0.3 is 12.1 Å². The van der Waals surface area contributed by atoms with E-state index in [9.17, 15) is 18.0 Å². The number of carboxylic acid groups (broad SMARTS) is 1. The summed E-state index contributed by atoms with van der Waals surface area (Å²) in [5.74, 6) is -1.58. The maximum absolute atomic E-state index is 12.9. The number of carbonyl (C=O) groups is 1. The number of fused-ring (bicyclic) bond motifs is 2. The summed E-state index contributed by atoms with van der Waals surface area (Å²) >= 11 is 0. The zero-order valence-corrected chi connectivity index (χ0v) is 20.3. The fourth-order valence-corrected chi connectivity index (χ4v) is 4.32. The van der Waals surface area contributed by atoms with Gasteiger partial charge < -0.3 is 15.3 Å². The minimum atomic E-state index is -5.08. The van der Waals surface area contributed by atoms with Crippen LogP contribution in [0.3, 0.4) is 0 Å². The number of piperazine rings is 1. The minimum Gasteiger partial charge on any atom is -0.475 e. The quantitative estimate of drug-likeness (QED) is 0.392. The lowest BCUT2D eigenvalue weighted by atomic mass is 10.1. The molecule has 0 spiro atoms. The van der Waals surface area contributed by atoms with Crippen molar-refractivity contribution in [2.45, 2.75) is 19.1 Å². The van der Waals surface area contributed by atoms with Crippen molar-refractivity contribution >= 4 is 23.1 Å². The summed E-state index contributed by atoms with van der Waals surface area (Å²) in [7, 11) is 0. The fraction of sp³-hybridized carbons (Fsp3) is 0.391. The van der Waals surface area contributed by atoms with Crippen LogP contribution in [0.5, 0.6) is 0 Å². The Bertz CT molecular complexity index is 1540. The Morgan fingerprint density at radius 1 is 1.11 bits per heavy atom. The van der Waals surface area contributed by atoms with E-state index in [0.29, 0.717) is 29.0 Å². The molecule has 0 saturated carbocycles. The summed E-state index contributed by atoms with van der Waals surface area (Å²) in [6.45, 7) is 8.03. The lowest BCUT2D eigenvalue weighted by Crippen LogP contribution is -2.61. The minimum absolute atomic E-state index is 0.115. The first-order valence-electron chi connectivity index (χ1n) is 11.8. The van der Waals surface area contributed by atoms with E-state index in [0.717, 1.165) is 50.5 Å². The smallest absolute Gasteiger partial charge is 0.475 e. The number of nitrogens with zero attached hydrogens (tertiary/aromatic N) is 8. The lowest BCUT2D eigenvalue weighted by Gasteiger charge is -2.43. The van der Waals surface area contributed by atoms with Crippen molar-refractivity contribution in [3.05, 3.63) is 53.0 Å². The number of aromatic nitrogens is 6. The van der Waals surface area contributed by atoms with E-state index in [2.05, 4.69) is 35.2 Å². The van der Waals surface area contributed by atoms with E-state index in [1.54, 1.807) is 27.4 Å². The molecule has 2 fully saturated rings. The second kappa shape index (κ2) is 9.98. The van der Waals surface area contributed by atoms with Crippen LogP contribution in [0.15, 0.2) is 41.6 Å². The van der Waals surface area contributed by atoms with Gasteiger partial charge in [-0.15, -0.1) is 0 Å². The molecule has 2 N–H and O–H groups in total. The number of aryl methyl sites for hydroxylation is 1. The zero-order chi connectivity index (χ0) is 27.0. The summed E-state index contributed by atoms with van der Waals surface area (Å²) in [5, 5.41) is 14.8. The first kappa shape index (κ1) is 25.5. The molecule has 0 atom stereocenters. The molecule has 4 aromatic rings. The number of anilines is 1. The molecule has 12 nitrogen and oxygen atoms in total. The highest BCUT2D eigenvalue weighted by Gasteiger charge is 2.38. The summed E-state index contributed by atoms with van der Waals surface area (Å²) in [5.41, 5.74) is 2.85. The van der Waals surface area contributed by atoms with Gasteiger partial charge in [0.05, 0.1) is 11.4 Å². The largest absolute Gasteiger partial charge is 0.490 e. The molecule has 2 aliphatic heterocycles. The van der Waals surface area contributed by atoms with Crippen molar-refractivity contribution in [3.63, 3.8) is 0 Å². The van der Waals surface area contributed by atoms with E-state index in [1.807, 2.05) is 25.3 Å². The molecule has 6 rings (SSSR count). The molecule has 4 aromatic heterocycles. The van der Waals surface area contributed by atoms with Crippen molar-refractivity contribution in [2.75, 3.05) is 44.2 Å². The fourth-order valence-electron chi connectivity index (χ4n) is 4.32. The highest BCUT2D eigenvalue weighted by Crippen LogP contribution is 2.20. The Hall–Kier alpha value is -4.11. The Kier molecular flexibility index (Phi) is 6.71. The molecular formula is C23H24F3N9O3. The van der Waals surface area contributed by atoms with Crippen molar-refractivity contribution in [1.29, 1.82) is 0 Å². The van der Waals surface area contributed by atoms with Crippen LogP contribution < -0.4 is 15.8 Å². The molecule has 200 valence electrons. The topological polar surface area (TPSA) is 133 Å². The van der Waals surface area contributed by atoms with E-state index in [4.69, 9.17) is 9.90 Å². The third-order valence-corrected chi connectivity index (χ3v) is 6.44. The number of hydrogen-bond donors (Lipinski definition) is 2. The first-order chi connectivity index (χ1) is 18.1. The van der Waals surface area contributed by atoms with Crippen molar-refractivity contribution in [1.82, 2.24) is 39.2 Å². The number of rotatable bonds is 3. The van der Waals surface area contributed by atoms with Gasteiger partial charge in [0, 0.05) is 75.5 Å². The second-order valence-electron chi connectivity index (χ2n) is 8.98. The van der Waals surface area contributed by atoms with Gasteiger partial charge in [-0.25, -0.2) is 19.3 Å². The van der Waals surface area contributed by atoms with Crippen LogP contribution in [0.25, 0.3) is 22.7 Å². The van der Waals surface area contributed by atoms with E-state index in [-0.39, 0.29) is 5.56 Å². The van der Waals surface area contributed by atoms with Gasteiger partial charge in [-0.1, -0.05) is 0 Å². The van der Waals surface area contributed by atoms with E-state index >= 15 is 0 Å². The highest BCUT2D eigenvalue weighted by molar-refractivity contribution is 5.73. The Morgan fingerprint density at radius 2 is 1.82 bits per heavy atom. The van der Waals surface area contributed by atoms with Crippen molar-refractivity contribution < 1.29 is 23.1 Å². The average molecular weight is 531 g/mol. The molecule has 0 amide bonds. The molecule has 38 heavy (non-hydrogen) atoms. The Morgan fingerprint density at radius 3 is 2.45 bits per heavy atom. The van der Waals surface area contributed by atoms with Crippen LogP contribution in [0, 0.1) is 6.92 Å². The number of alkyl halides is 3. The SMILES string of the molecule is Cc1nc2ncc(-c3cc(=O)n4cc(N5CCN(C6CNC6)CC5)ccc4n3)cn2n1.O=C(O)C(F)(F)F. The first-order valence-corrected chi connectivity index (χ1v) is 11.8. The molecule has 6 heterocycles. The van der Waals surface area contributed by atoms with Crippen molar-refractivity contribution in [2.24, 2.45) is 0 Å². The number of halogens is 3. The summed E-state index contributed by atoms with van der Waals surface area (Å²) < 4.78 is 35.0. The van der Waals surface area contributed by atoms with Crippen LogP contribution in [0.1, 0.15) is 5.82 Å². The molecule has 0 unspecified atom stereocenters. The van der Waals surface area contributed by atoms with Crippen LogP contribution >= 0.6 is 0 Å². The normalized spacial score (nSPS) is 16.8. The van der Waals surface area contributed by atoms with Crippen LogP contribution in [-0.4, -0.2) is 96.4 Å². The van der Waals surface area contributed by atoms with Gasteiger partial charge in [0.2, 0.25) is 0 Å². The summed E-state index contributed by atoms with van der Waals surface area (Å²) in [6.07, 6.45) is 0.288. The van der Waals surface area contributed by atoms with Gasteiger partial charge in [-0.05, 0) is 19.1 Å². The molecule has 0 radical (unpaired) electrons. The predicted octanol–water partition coefficient (Wildman–Crippen LogP) is 0.835. The average Bonchev–Trinajstić information content (AvgIpc) is 3.22. The molecule has 0 aromatic carbocycles. The molecule has 0 aliphatic carbocycles. The van der Waals surface area contributed by atoms with Gasteiger partial charge in [-0.3, -0.25) is 14.1 Å². The molecule has 0 bridgehead atoms. The van der Waals surface area contributed by atoms with Gasteiger partial charge in [-0.2, -0.15) is 23.3 Å². The van der Waals surface area contributed by atoms with Crippen molar-refractivity contribution in [3.8, 4) is 11.3 Å². The predicted molar refractivity (Wildman–Crippen MR) is 130 cm³/mol. The lowest BCUT2D eigenvalue weighted by molar-refractivity contribution is -0.192. The van der Waals surface area contributed by atoms with E-state index < -0.39 is 12.1 Å². The standard InChI is InChI=1S/C21H23N9O.C2HF3O2/c1-14-24-21-23-9-15(12-30(21)26-14)18-8-20(31)29-13-16(2-3-19(29)25-18)27-4-6-28(7-5-27)17-10-22-11-17;3-2(4,5)1(6)7/h2-3,8-9,12-13,17,22H,4-7,10-11H2,1H3;(H,6,7). The monoisotopic (exact) mass is 531 g/mol. The third kappa shape index (κ3) is 5.28. The molecule has 2 saturated heterocycles. The molecule has 2 aliphatic rings. The molecule has 15 heteroatoms. The highest BCUT2D eigenvalue weighted by atomic mass is 19.4. The number of nitrogens with one attached hydrogen (secondary N) is 1. The maximum Gasteiger partial charge on any atom is 0.490 e. The maximum atomic E-state index is 12.9. The van der Waals surface area contributed by atoms with E-state index in [1.165, 1.54) is 0 Å². The zero-order valence-electron chi connectivity index (χ0n) is 20.3. The Balaban J connectivity index is 0.000000374. The van der Waals surface area contributed by atoms with Gasteiger partial charge in [0.1, 0.15) is 11.5 Å².